The van der Waals surface area contributed by atoms with Crippen molar-refractivity contribution < 1.29 is 4.74 Å². The number of amidine groups is 1. The van der Waals surface area contributed by atoms with Crippen LogP contribution in [0.25, 0.3) is 0 Å². The van der Waals surface area contributed by atoms with Crippen LogP contribution in [0.4, 0.5) is 0 Å². The van der Waals surface area contributed by atoms with Gasteiger partial charge >= 0.3 is 0 Å². The van der Waals surface area contributed by atoms with E-state index in [0.717, 1.165) is 22.5 Å². The lowest BCUT2D eigenvalue weighted by atomic mass is 9.72. The van der Waals surface area contributed by atoms with Crippen LogP contribution in [0.15, 0.2) is 59.7 Å². The molecule has 0 amide bonds. The van der Waals surface area contributed by atoms with E-state index >= 15 is 0 Å². The highest BCUT2D eigenvalue weighted by Gasteiger charge is 2.52. The zero-order valence-corrected chi connectivity index (χ0v) is 21.9. The summed E-state index contributed by atoms with van der Waals surface area (Å²) in [6.45, 7) is 12.9. The molecule has 4 rings (SSSR count). The first-order chi connectivity index (χ1) is 16.0. The number of benzene rings is 2. The number of nitrogens with one attached hydrogen (secondary N) is 1. The van der Waals surface area contributed by atoms with Gasteiger partial charge in [-0.3, -0.25) is 4.99 Å². The predicted octanol–water partition coefficient (Wildman–Crippen LogP) is 6.66. The van der Waals surface area contributed by atoms with Crippen molar-refractivity contribution in [3.05, 3.63) is 87.3 Å². The van der Waals surface area contributed by atoms with E-state index in [4.69, 9.17) is 37.9 Å². The zero-order chi connectivity index (χ0) is 24.7. The molecule has 2 atom stereocenters. The average molecular weight is 497 g/mol. The van der Waals surface area contributed by atoms with Gasteiger partial charge in [0.15, 0.2) is 0 Å². The van der Waals surface area contributed by atoms with Crippen LogP contribution in [0.1, 0.15) is 64.1 Å². The van der Waals surface area contributed by atoms with Gasteiger partial charge in [-0.05, 0) is 56.2 Å². The normalized spacial score (nSPS) is 22.3. The van der Waals surface area contributed by atoms with Crippen LogP contribution in [0.5, 0.6) is 5.88 Å². The number of aromatic nitrogens is 2. The minimum absolute atomic E-state index is 0.203. The summed E-state index contributed by atoms with van der Waals surface area (Å²) in [7, 11) is 0. The molecule has 0 saturated carbocycles. The molecule has 0 aliphatic carbocycles. The number of rotatable bonds is 5. The second kappa shape index (κ2) is 8.86. The number of ether oxygens (including phenoxy) is 1. The summed E-state index contributed by atoms with van der Waals surface area (Å²) >= 11 is 12.4. The van der Waals surface area contributed by atoms with E-state index in [0.29, 0.717) is 28.4 Å². The SMILES string of the molecule is CCOc1nc(C(C)(C)C)ncc1C1=N[C@](C)(c2ccc(Cl)cc2)[C@](C)(c2ccc(Cl)cc2)N1. The van der Waals surface area contributed by atoms with Crippen molar-refractivity contribution in [3.63, 3.8) is 0 Å². The van der Waals surface area contributed by atoms with Crippen molar-refractivity contribution in [1.82, 2.24) is 15.3 Å². The molecule has 1 N–H and O–H groups in total. The fourth-order valence-electron chi connectivity index (χ4n) is 4.25. The van der Waals surface area contributed by atoms with Crippen LogP contribution in [-0.4, -0.2) is 22.4 Å². The molecular weight excluding hydrogens is 467 g/mol. The maximum Gasteiger partial charge on any atom is 0.227 e. The first-order valence-corrected chi connectivity index (χ1v) is 12.1. The van der Waals surface area contributed by atoms with Crippen LogP contribution < -0.4 is 10.1 Å². The number of hydrogen-bond acceptors (Lipinski definition) is 5. The summed E-state index contributed by atoms with van der Waals surface area (Å²) in [6.07, 6.45) is 1.81. The van der Waals surface area contributed by atoms with Gasteiger partial charge in [-0.2, -0.15) is 4.98 Å². The standard InChI is InChI=1S/C27H30Cl2N4O/c1-7-34-23-21(16-30-24(31-23)25(2,3)4)22-32-26(5,17-8-12-19(28)13-9-17)27(6,33-22)18-10-14-20(29)15-11-18/h8-16H,7H2,1-6H3,(H,32,33)/t26-,27+. The lowest BCUT2D eigenvalue weighted by Gasteiger charge is -2.40. The number of halogens is 2. The Labute approximate surface area is 211 Å². The summed E-state index contributed by atoms with van der Waals surface area (Å²) in [5.41, 5.74) is 1.36. The lowest BCUT2D eigenvalue weighted by Crippen LogP contribution is -2.50. The van der Waals surface area contributed by atoms with Crippen LogP contribution in [0.2, 0.25) is 10.0 Å². The van der Waals surface area contributed by atoms with Crippen LogP contribution in [0, 0.1) is 0 Å². The Bertz CT molecular complexity index is 1220. The van der Waals surface area contributed by atoms with E-state index in [2.05, 4.69) is 44.9 Å². The van der Waals surface area contributed by atoms with Crippen molar-refractivity contribution >= 4 is 29.0 Å². The van der Waals surface area contributed by atoms with Crippen molar-refractivity contribution in [2.75, 3.05) is 6.61 Å². The third-order valence-corrected chi connectivity index (χ3v) is 6.97. The second-order valence-electron chi connectivity index (χ2n) is 9.89. The van der Waals surface area contributed by atoms with Crippen molar-refractivity contribution in [1.29, 1.82) is 0 Å². The van der Waals surface area contributed by atoms with E-state index < -0.39 is 11.1 Å². The van der Waals surface area contributed by atoms with E-state index in [9.17, 15) is 0 Å². The first-order valence-electron chi connectivity index (χ1n) is 11.4. The molecular formula is C27H30Cl2N4O. The van der Waals surface area contributed by atoms with Crippen LogP contribution >= 0.6 is 23.2 Å². The molecule has 7 heteroatoms. The number of nitrogens with zero attached hydrogens (tertiary/aromatic N) is 3. The Balaban J connectivity index is 1.90. The quantitative estimate of drug-likeness (QED) is 0.428. The third kappa shape index (κ3) is 4.27. The topological polar surface area (TPSA) is 59.4 Å². The molecule has 0 radical (unpaired) electrons. The lowest BCUT2D eigenvalue weighted by molar-refractivity contribution is 0.268. The number of aliphatic imine (C=N–C) groups is 1. The fraction of sp³-hybridized carbons (Fsp3) is 0.370. The molecule has 3 aromatic rings. The van der Waals surface area contributed by atoms with Gasteiger partial charge in [0.1, 0.15) is 17.2 Å². The molecule has 34 heavy (non-hydrogen) atoms. The van der Waals surface area contributed by atoms with Gasteiger partial charge in [0, 0.05) is 21.7 Å². The third-order valence-electron chi connectivity index (χ3n) is 6.47. The fourth-order valence-corrected chi connectivity index (χ4v) is 4.50. The van der Waals surface area contributed by atoms with E-state index in [1.54, 1.807) is 6.20 Å². The summed E-state index contributed by atoms with van der Waals surface area (Å²) < 4.78 is 5.96. The molecule has 0 fully saturated rings. The van der Waals surface area contributed by atoms with Crippen molar-refractivity contribution in [3.8, 4) is 5.88 Å². The molecule has 0 bridgehead atoms. The molecule has 2 aromatic carbocycles. The largest absolute Gasteiger partial charge is 0.477 e. The summed E-state index contributed by atoms with van der Waals surface area (Å²) in [4.78, 5) is 14.7. The van der Waals surface area contributed by atoms with Crippen molar-refractivity contribution in [2.45, 2.75) is 58.0 Å². The first kappa shape index (κ1) is 24.5. The average Bonchev–Trinajstić information content (AvgIpc) is 3.06. The van der Waals surface area contributed by atoms with Gasteiger partial charge in [0.25, 0.3) is 0 Å². The molecule has 0 unspecified atom stereocenters. The Hall–Kier alpha value is -2.63. The van der Waals surface area contributed by atoms with E-state index in [-0.39, 0.29) is 5.41 Å². The van der Waals surface area contributed by atoms with E-state index in [1.165, 1.54) is 0 Å². The monoisotopic (exact) mass is 496 g/mol. The molecule has 1 aliphatic rings. The Morgan fingerprint density at radius 3 is 2.00 bits per heavy atom. The Morgan fingerprint density at radius 2 is 1.47 bits per heavy atom. The molecule has 0 spiro atoms. The van der Waals surface area contributed by atoms with Gasteiger partial charge in [0.05, 0.1) is 17.7 Å². The van der Waals surface area contributed by atoms with Crippen molar-refractivity contribution in [2.24, 2.45) is 4.99 Å². The maximum atomic E-state index is 6.20. The molecule has 178 valence electrons. The summed E-state index contributed by atoms with van der Waals surface area (Å²) in [6, 6.07) is 15.7. The number of hydrogen-bond donors (Lipinski definition) is 1. The minimum Gasteiger partial charge on any atom is -0.477 e. The summed E-state index contributed by atoms with van der Waals surface area (Å²) in [5.74, 6) is 1.92. The Morgan fingerprint density at radius 1 is 0.912 bits per heavy atom. The highest BCUT2D eigenvalue weighted by atomic mass is 35.5. The van der Waals surface area contributed by atoms with Gasteiger partial charge < -0.3 is 10.1 Å². The molecule has 2 heterocycles. The Kier molecular flexibility index (Phi) is 6.38. The molecule has 0 saturated heterocycles. The maximum absolute atomic E-state index is 6.20. The molecule has 1 aliphatic heterocycles. The second-order valence-corrected chi connectivity index (χ2v) is 10.8. The molecule has 1 aromatic heterocycles. The predicted molar refractivity (Wildman–Crippen MR) is 139 cm³/mol. The van der Waals surface area contributed by atoms with Gasteiger partial charge in [0.2, 0.25) is 5.88 Å². The highest BCUT2D eigenvalue weighted by molar-refractivity contribution is 6.30. The van der Waals surface area contributed by atoms with Crippen LogP contribution in [0.3, 0.4) is 0 Å². The molecule has 5 nitrogen and oxygen atoms in total. The smallest absolute Gasteiger partial charge is 0.227 e. The van der Waals surface area contributed by atoms with Gasteiger partial charge in [-0.25, -0.2) is 4.98 Å². The van der Waals surface area contributed by atoms with E-state index in [1.807, 2.05) is 55.5 Å². The minimum atomic E-state index is -0.660. The zero-order valence-electron chi connectivity index (χ0n) is 20.4. The highest BCUT2D eigenvalue weighted by Crippen LogP contribution is 2.48. The van der Waals surface area contributed by atoms with Crippen LogP contribution in [-0.2, 0) is 16.5 Å². The van der Waals surface area contributed by atoms with Gasteiger partial charge in [-0.15, -0.1) is 0 Å². The van der Waals surface area contributed by atoms with Gasteiger partial charge in [-0.1, -0.05) is 68.2 Å². The summed E-state index contributed by atoms with van der Waals surface area (Å²) in [5, 5.41) is 5.06.